The molecule has 96 valence electrons. The maximum absolute atomic E-state index is 12.3. The number of halogens is 1. The Morgan fingerprint density at radius 1 is 1.22 bits per heavy atom. The molecule has 1 aromatic rings. The van der Waals surface area contributed by atoms with E-state index in [1.54, 1.807) is 0 Å². The number of benzene rings is 1. The van der Waals surface area contributed by atoms with Crippen molar-refractivity contribution < 1.29 is 9.53 Å². The summed E-state index contributed by atoms with van der Waals surface area (Å²) in [6.45, 7) is 2.87. The average molecular weight is 310 g/mol. The second-order valence-electron chi connectivity index (χ2n) is 4.94. The van der Waals surface area contributed by atoms with Gasteiger partial charge < -0.3 is 9.64 Å². The molecule has 0 unspecified atom stereocenters. The van der Waals surface area contributed by atoms with Gasteiger partial charge in [-0.1, -0.05) is 28.1 Å². The molecule has 1 amide bonds. The zero-order valence-corrected chi connectivity index (χ0v) is 11.7. The van der Waals surface area contributed by atoms with Gasteiger partial charge in [-0.25, -0.2) is 0 Å². The van der Waals surface area contributed by atoms with Crippen molar-refractivity contribution in [3.63, 3.8) is 0 Å². The zero-order chi connectivity index (χ0) is 12.5. The third kappa shape index (κ3) is 2.45. The minimum Gasteiger partial charge on any atom is -0.378 e. The lowest BCUT2D eigenvalue weighted by molar-refractivity contribution is -0.136. The highest BCUT2D eigenvalue weighted by atomic mass is 79.9. The molecular weight excluding hydrogens is 294 g/mol. The SMILES string of the molecule is O=C([C@H]1C[C@@H]1c1ccc(Br)cc1)N1CCOCC1. The van der Waals surface area contributed by atoms with Crippen LogP contribution in [0.3, 0.4) is 0 Å². The van der Waals surface area contributed by atoms with E-state index in [9.17, 15) is 4.79 Å². The molecule has 2 fully saturated rings. The normalized spacial score (nSPS) is 27.1. The third-order valence-corrected chi connectivity index (χ3v) is 4.26. The van der Waals surface area contributed by atoms with Crippen LogP contribution in [-0.4, -0.2) is 37.1 Å². The standard InChI is InChI=1S/C14H16BrNO2/c15-11-3-1-10(2-4-11)12-9-13(12)14(17)16-5-7-18-8-6-16/h1-4,12-13H,5-9H2/t12-,13+/m1/s1. The smallest absolute Gasteiger partial charge is 0.226 e. The molecule has 0 N–H and O–H groups in total. The molecule has 1 heterocycles. The van der Waals surface area contributed by atoms with Gasteiger partial charge in [0.25, 0.3) is 0 Å². The van der Waals surface area contributed by atoms with Crippen LogP contribution >= 0.6 is 15.9 Å². The molecule has 0 bridgehead atoms. The van der Waals surface area contributed by atoms with Crippen LogP contribution in [0.15, 0.2) is 28.7 Å². The first-order valence-corrected chi connectivity index (χ1v) is 7.17. The minimum absolute atomic E-state index is 0.198. The Kier molecular flexibility index (Phi) is 3.39. The van der Waals surface area contributed by atoms with E-state index in [2.05, 4.69) is 28.1 Å². The summed E-state index contributed by atoms with van der Waals surface area (Å²) >= 11 is 3.43. The number of hydrogen-bond acceptors (Lipinski definition) is 2. The molecule has 0 aromatic heterocycles. The summed E-state index contributed by atoms with van der Waals surface area (Å²) in [6, 6.07) is 8.32. The highest BCUT2D eigenvalue weighted by molar-refractivity contribution is 9.10. The fourth-order valence-electron chi connectivity index (χ4n) is 2.56. The maximum atomic E-state index is 12.3. The zero-order valence-electron chi connectivity index (χ0n) is 10.1. The minimum atomic E-state index is 0.198. The van der Waals surface area contributed by atoms with Crippen LogP contribution in [0.5, 0.6) is 0 Å². The Morgan fingerprint density at radius 2 is 1.89 bits per heavy atom. The van der Waals surface area contributed by atoms with Gasteiger partial charge in [0.1, 0.15) is 0 Å². The molecule has 1 aromatic carbocycles. The number of ether oxygens (including phenoxy) is 1. The van der Waals surface area contributed by atoms with Crippen LogP contribution in [-0.2, 0) is 9.53 Å². The fourth-order valence-corrected chi connectivity index (χ4v) is 2.83. The lowest BCUT2D eigenvalue weighted by Crippen LogP contribution is -2.41. The Hall–Kier alpha value is -0.870. The summed E-state index contributed by atoms with van der Waals surface area (Å²) in [5.41, 5.74) is 1.28. The number of carbonyl (C=O) groups is 1. The van der Waals surface area contributed by atoms with Crippen molar-refractivity contribution in [2.75, 3.05) is 26.3 Å². The average Bonchev–Trinajstić information content (AvgIpc) is 3.20. The van der Waals surface area contributed by atoms with Crippen molar-refractivity contribution in [1.82, 2.24) is 4.90 Å². The lowest BCUT2D eigenvalue weighted by atomic mass is 10.1. The Morgan fingerprint density at radius 3 is 2.56 bits per heavy atom. The second kappa shape index (κ2) is 5.02. The van der Waals surface area contributed by atoms with Crippen LogP contribution in [0.25, 0.3) is 0 Å². The summed E-state index contributed by atoms with van der Waals surface area (Å²) in [5.74, 6) is 0.934. The molecule has 1 saturated carbocycles. The van der Waals surface area contributed by atoms with E-state index in [1.165, 1.54) is 5.56 Å². The van der Waals surface area contributed by atoms with Crippen molar-refractivity contribution in [2.24, 2.45) is 5.92 Å². The molecule has 1 aliphatic carbocycles. The highest BCUT2D eigenvalue weighted by Gasteiger charge is 2.45. The predicted octanol–water partition coefficient (Wildman–Crippen LogP) is 2.41. The maximum Gasteiger partial charge on any atom is 0.226 e. The predicted molar refractivity (Wildman–Crippen MR) is 72.4 cm³/mol. The van der Waals surface area contributed by atoms with E-state index in [4.69, 9.17) is 4.74 Å². The topological polar surface area (TPSA) is 29.5 Å². The molecule has 1 saturated heterocycles. The Labute approximate surface area is 115 Å². The molecule has 2 aliphatic rings. The Balaban J connectivity index is 1.63. The Bertz CT molecular complexity index is 440. The molecule has 3 nitrogen and oxygen atoms in total. The summed E-state index contributed by atoms with van der Waals surface area (Å²) in [4.78, 5) is 14.2. The van der Waals surface area contributed by atoms with E-state index >= 15 is 0 Å². The molecule has 0 radical (unpaired) electrons. The van der Waals surface area contributed by atoms with Crippen molar-refractivity contribution in [1.29, 1.82) is 0 Å². The molecule has 2 atom stereocenters. The first-order valence-electron chi connectivity index (χ1n) is 6.38. The summed E-state index contributed by atoms with van der Waals surface area (Å²) in [5, 5.41) is 0. The first-order chi connectivity index (χ1) is 8.75. The van der Waals surface area contributed by atoms with Gasteiger partial charge >= 0.3 is 0 Å². The summed E-state index contributed by atoms with van der Waals surface area (Å²) < 4.78 is 6.36. The fraction of sp³-hybridized carbons (Fsp3) is 0.500. The number of carbonyl (C=O) groups excluding carboxylic acids is 1. The van der Waals surface area contributed by atoms with Crippen molar-refractivity contribution in [3.05, 3.63) is 34.3 Å². The van der Waals surface area contributed by atoms with Crippen molar-refractivity contribution in [3.8, 4) is 0 Å². The van der Waals surface area contributed by atoms with E-state index in [0.717, 1.165) is 24.0 Å². The number of rotatable bonds is 2. The monoisotopic (exact) mass is 309 g/mol. The van der Waals surface area contributed by atoms with Gasteiger partial charge in [0.15, 0.2) is 0 Å². The summed E-state index contributed by atoms with van der Waals surface area (Å²) in [7, 11) is 0. The van der Waals surface area contributed by atoms with Crippen molar-refractivity contribution >= 4 is 21.8 Å². The van der Waals surface area contributed by atoms with Crippen LogP contribution in [0.1, 0.15) is 17.9 Å². The molecular formula is C14H16BrNO2. The van der Waals surface area contributed by atoms with Gasteiger partial charge in [-0.05, 0) is 30.0 Å². The van der Waals surface area contributed by atoms with Crippen molar-refractivity contribution in [2.45, 2.75) is 12.3 Å². The highest BCUT2D eigenvalue weighted by Crippen LogP contribution is 2.48. The van der Waals surface area contributed by atoms with Crippen LogP contribution in [0, 0.1) is 5.92 Å². The largest absolute Gasteiger partial charge is 0.378 e. The summed E-state index contributed by atoms with van der Waals surface area (Å²) in [6.07, 6.45) is 0.998. The number of hydrogen-bond donors (Lipinski definition) is 0. The quantitative estimate of drug-likeness (QED) is 0.839. The van der Waals surface area contributed by atoms with E-state index in [0.29, 0.717) is 25.0 Å². The van der Waals surface area contributed by atoms with Crippen LogP contribution in [0.2, 0.25) is 0 Å². The van der Waals surface area contributed by atoms with Crippen LogP contribution < -0.4 is 0 Å². The van der Waals surface area contributed by atoms with Gasteiger partial charge in [-0.15, -0.1) is 0 Å². The van der Waals surface area contributed by atoms with Gasteiger partial charge in [0.2, 0.25) is 5.91 Å². The van der Waals surface area contributed by atoms with Gasteiger partial charge in [0.05, 0.1) is 13.2 Å². The molecule has 1 aliphatic heterocycles. The molecule has 0 spiro atoms. The van der Waals surface area contributed by atoms with E-state index in [1.807, 2.05) is 17.0 Å². The van der Waals surface area contributed by atoms with Gasteiger partial charge in [-0.2, -0.15) is 0 Å². The number of amides is 1. The molecule has 4 heteroatoms. The van der Waals surface area contributed by atoms with Gasteiger partial charge in [-0.3, -0.25) is 4.79 Å². The van der Waals surface area contributed by atoms with E-state index < -0.39 is 0 Å². The second-order valence-corrected chi connectivity index (χ2v) is 5.85. The third-order valence-electron chi connectivity index (χ3n) is 3.73. The van der Waals surface area contributed by atoms with E-state index in [-0.39, 0.29) is 5.92 Å². The molecule has 18 heavy (non-hydrogen) atoms. The molecule has 3 rings (SSSR count). The number of morpholine rings is 1. The first kappa shape index (κ1) is 12.2. The lowest BCUT2D eigenvalue weighted by Gasteiger charge is -2.27. The van der Waals surface area contributed by atoms with Gasteiger partial charge in [0, 0.05) is 23.5 Å². The number of nitrogens with zero attached hydrogens (tertiary/aromatic N) is 1. The van der Waals surface area contributed by atoms with Crippen LogP contribution in [0.4, 0.5) is 0 Å².